The molecule has 0 bridgehead atoms. The Balaban J connectivity index is 1.61. The van der Waals surface area contributed by atoms with E-state index in [2.05, 4.69) is 78.3 Å². The van der Waals surface area contributed by atoms with Crippen molar-refractivity contribution in [1.82, 2.24) is 20.2 Å². The van der Waals surface area contributed by atoms with Gasteiger partial charge in [-0.1, -0.05) is 26.1 Å². The Morgan fingerprint density at radius 2 is 1.89 bits per heavy atom. The van der Waals surface area contributed by atoms with Gasteiger partial charge < -0.3 is 10.6 Å². The molecule has 0 atom stereocenters. The van der Waals surface area contributed by atoms with Gasteiger partial charge in [0.1, 0.15) is 5.82 Å². The average molecular weight is 455 g/mol. The highest BCUT2D eigenvalue weighted by Gasteiger charge is 2.11. The average Bonchev–Trinajstić information content (AvgIpc) is 3.05. The number of aryl methyl sites for hydroxylation is 1. The van der Waals surface area contributed by atoms with Crippen LogP contribution in [0.4, 0.5) is 23.1 Å². The summed E-state index contributed by atoms with van der Waals surface area (Å²) >= 11 is 3.55. The van der Waals surface area contributed by atoms with Crippen LogP contribution in [0.25, 0.3) is 10.9 Å². The summed E-state index contributed by atoms with van der Waals surface area (Å²) in [5.41, 5.74) is 3.92. The van der Waals surface area contributed by atoms with Crippen LogP contribution >= 0.6 is 23.9 Å². The molecule has 0 spiro atoms. The highest BCUT2D eigenvalue weighted by atomic mass is 79.9. The minimum atomic E-state index is -0.231. The van der Waals surface area contributed by atoms with E-state index in [1.165, 1.54) is 5.30 Å². The van der Waals surface area contributed by atoms with Crippen LogP contribution in [-0.4, -0.2) is 33.5 Å². The van der Waals surface area contributed by atoms with Gasteiger partial charge in [-0.2, -0.15) is 10.1 Å². The normalized spacial score (nSPS) is 11.2. The molecule has 0 aliphatic rings. The number of aromatic amines is 1. The molecule has 0 unspecified atom stereocenters. The van der Waals surface area contributed by atoms with Gasteiger partial charge in [-0.15, -0.1) is 0 Å². The molecular weight excluding hydrogens is 435 g/mol. The number of hydrogen-bond donors (Lipinski definition) is 3. The number of halogens is 1. The molecule has 3 N–H and O–H groups in total. The summed E-state index contributed by atoms with van der Waals surface area (Å²) in [6.45, 7) is 6.49. The lowest BCUT2D eigenvalue weighted by molar-refractivity contribution is 1.07. The van der Waals surface area contributed by atoms with E-state index in [-0.39, 0.29) is 7.92 Å². The van der Waals surface area contributed by atoms with Gasteiger partial charge in [0.25, 0.3) is 0 Å². The minimum absolute atomic E-state index is 0.231. The van der Waals surface area contributed by atoms with Gasteiger partial charge >= 0.3 is 0 Å². The lowest BCUT2D eigenvalue weighted by Gasteiger charge is -2.15. The molecule has 0 radical (unpaired) electrons. The number of nitrogens with zero attached hydrogens (tertiary/aromatic N) is 3. The first-order valence-corrected chi connectivity index (χ1v) is 11.8. The monoisotopic (exact) mass is 454 g/mol. The van der Waals surface area contributed by atoms with Crippen molar-refractivity contribution in [3.8, 4) is 0 Å². The summed E-state index contributed by atoms with van der Waals surface area (Å²) < 4.78 is 0.808. The van der Waals surface area contributed by atoms with Crippen molar-refractivity contribution >= 4 is 63.2 Å². The molecule has 0 aliphatic heterocycles. The Kier molecular flexibility index (Phi) is 5.29. The zero-order valence-corrected chi connectivity index (χ0v) is 18.3. The van der Waals surface area contributed by atoms with Crippen molar-refractivity contribution in [2.75, 3.05) is 24.0 Å². The molecular formula is C20H20BrN6P. The molecule has 0 saturated heterocycles. The van der Waals surface area contributed by atoms with Gasteiger partial charge in [0, 0.05) is 28.7 Å². The number of rotatable bonds is 5. The lowest BCUT2D eigenvalue weighted by Crippen LogP contribution is -2.09. The van der Waals surface area contributed by atoms with E-state index in [1.807, 2.05) is 31.2 Å². The van der Waals surface area contributed by atoms with Crippen LogP contribution in [0.2, 0.25) is 0 Å². The lowest BCUT2D eigenvalue weighted by atomic mass is 10.2. The molecule has 4 rings (SSSR count). The van der Waals surface area contributed by atoms with Gasteiger partial charge in [0.15, 0.2) is 0 Å². The molecule has 0 aliphatic carbocycles. The first-order chi connectivity index (χ1) is 13.5. The van der Waals surface area contributed by atoms with Gasteiger partial charge in [-0.05, 0) is 65.8 Å². The number of anilines is 4. The van der Waals surface area contributed by atoms with Crippen molar-refractivity contribution < 1.29 is 0 Å². The van der Waals surface area contributed by atoms with Crippen LogP contribution in [0.1, 0.15) is 5.69 Å². The number of fused-ring (bicyclic) bond motifs is 1. The van der Waals surface area contributed by atoms with Crippen molar-refractivity contribution in [3.05, 3.63) is 58.8 Å². The van der Waals surface area contributed by atoms with Gasteiger partial charge in [-0.3, -0.25) is 5.10 Å². The first kappa shape index (κ1) is 18.8. The second kappa shape index (κ2) is 7.86. The second-order valence-corrected chi connectivity index (χ2v) is 9.76. The topological polar surface area (TPSA) is 78.5 Å². The fraction of sp³-hybridized carbons (Fsp3) is 0.150. The Morgan fingerprint density at radius 3 is 2.71 bits per heavy atom. The minimum Gasteiger partial charge on any atom is -0.339 e. The number of para-hydroxylation sites is 1. The highest BCUT2D eigenvalue weighted by Crippen LogP contribution is 2.31. The molecule has 4 aromatic rings. The van der Waals surface area contributed by atoms with Crippen LogP contribution in [0.15, 0.2) is 53.1 Å². The fourth-order valence-corrected chi connectivity index (χ4v) is 4.25. The molecule has 0 amide bonds. The number of benzene rings is 2. The van der Waals surface area contributed by atoms with Gasteiger partial charge in [-0.25, -0.2) is 4.98 Å². The maximum Gasteiger partial charge on any atom is 0.229 e. The summed E-state index contributed by atoms with van der Waals surface area (Å²) in [6.07, 6.45) is 1.75. The molecule has 0 fully saturated rings. The predicted molar refractivity (Wildman–Crippen MR) is 122 cm³/mol. The zero-order chi connectivity index (χ0) is 19.7. The Bertz CT molecular complexity index is 1140. The molecule has 142 valence electrons. The second-order valence-electron chi connectivity index (χ2n) is 6.63. The van der Waals surface area contributed by atoms with Crippen LogP contribution in [-0.2, 0) is 0 Å². The predicted octanol–water partition coefficient (Wildman–Crippen LogP) is 5.28. The zero-order valence-electron chi connectivity index (χ0n) is 15.8. The van der Waals surface area contributed by atoms with E-state index in [0.29, 0.717) is 5.95 Å². The fourth-order valence-electron chi connectivity index (χ4n) is 2.96. The Morgan fingerprint density at radius 1 is 1.07 bits per heavy atom. The molecule has 2 aromatic carbocycles. The highest BCUT2D eigenvalue weighted by molar-refractivity contribution is 9.10. The van der Waals surface area contributed by atoms with Crippen LogP contribution in [0.3, 0.4) is 0 Å². The summed E-state index contributed by atoms with van der Waals surface area (Å²) in [6, 6.07) is 14.3. The summed E-state index contributed by atoms with van der Waals surface area (Å²) in [7, 11) is -0.231. The Labute approximate surface area is 173 Å². The summed E-state index contributed by atoms with van der Waals surface area (Å²) in [5.74, 6) is 1.24. The van der Waals surface area contributed by atoms with Gasteiger partial charge in [0.05, 0.1) is 9.99 Å². The Hall–Kier alpha value is -2.50. The standard InChI is InChI=1S/C20H20BrN6P/c1-12-14-9-8-13(10-17(14)27-26-12)23-20-22-11-15(21)19(25-20)24-16-6-4-5-7-18(16)28(2)3/h4-11H,1-3H3,(H,26,27)(H2,22,23,24,25). The van der Waals surface area contributed by atoms with Crippen molar-refractivity contribution in [1.29, 1.82) is 0 Å². The van der Waals surface area contributed by atoms with Crippen LogP contribution in [0.5, 0.6) is 0 Å². The molecule has 2 heterocycles. The van der Waals surface area contributed by atoms with E-state index in [9.17, 15) is 0 Å². The van der Waals surface area contributed by atoms with Crippen LogP contribution in [0, 0.1) is 6.92 Å². The van der Waals surface area contributed by atoms with E-state index >= 15 is 0 Å². The maximum atomic E-state index is 4.65. The smallest absolute Gasteiger partial charge is 0.229 e. The van der Waals surface area contributed by atoms with Crippen molar-refractivity contribution in [2.24, 2.45) is 0 Å². The molecule has 8 heteroatoms. The van der Waals surface area contributed by atoms with Crippen molar-refractivity contribution in [3.63, 3.8) is 0 Å². The SMILES string of the molecule is Cc1[nH]nc2cc(Nc3ncc(Br)c(Nc4ccccc4P(C)C)n3)ccc12. The summed E-state index contributed by atoms with van der Waals surface area (Å²) in [4.78, 5) is 9.03. The first-order valence-electron chi connectivity index (χ1n) is 8.79. The van der Waals surface area contributed by atoms with E-state index in [0.717, 1.165) is 38.3 Å². The third-order valence-corrected chi connectivity index (χ3v) is 6.32. The number of aromatic nitrogens is 4. The van der Waals surface area contributed by atoms with Crippen molar-refractivity contribution in [2.45, 2.75) is 6.92 Å². The summed E-state index contributed by atoms with van der Waals surface area (Å²) in [5, 5.41) is 16.4. The quantitative estimate of drug-likeness (QED) is 0.357. The third kappa shape index (κ3) is 3.86. The largest absolute Gasteiger partial charge is 0.339 e. The molecule has 2 aromatic heterocycles. The molecule has 28 heavy (non-hydrogen) atoms. The van der Waals surface area contributed by atoms with Gasteiger partial charge in [0.2, 0.25) is 5.95 Å². The number of H-pyrrole nitrogens is 1. The number of nitrogens with one attached hydrogen (secondary N) is 3. The molecule has 6 nitrogen and oxygen atoms in total. The maximum absolute atomic E-state index is 4.65. The third-order valence-electron chi connectivity index (χ3n) is 4.38. The van der Waals surface area contributed by atoms with E-state index in [1.54, 1.807) is 6.20 Å². The molecule has 0 saturated carbocycles. The van der Waals surface area contributed by atoms with E-state index < -0.39 is 0 Å². The van der Waals surface area contributed by atoms with Crippen LogP contribution < -0.4 is 15.9 Å². The number of hydrogen-bond acceptors (Lipinski definition) is 5. The van der Waals surface area contributed by atoms with E-state index in [4.69, 9.17) is 0 Å².